The fraction of sp³-hybridized carbons (Fsp3) is 0.278. The molecule has 0 radical (unpaired) electrons. The van der Waals surface area contributed by atoms with Crippen LogP contribution in [0, 0.1) is 0 Å². The van der Waals surface area contributed by atoms with Crippen molar-refractivity contribution in [3.8, 4) is 11.5 Å². The number of carbonyl (C=O) groups is 1. The number of amides is 1. The molecule has 5 heteroatoms. The van der Waals surface area contributed by atoms with Crippen molar-refractivity contribution in [2.45, 2.75) is 19.4 Å². The van der Waals surface area contributed by atoms with E-state index >= 15 is 0 Å². The van der Waals surface area contributed by atoms with Gasteiger partial charge in [-0.05, 0) is 41.8 Å². The van der Waals surface area contributed by atoms with Gasteiger partial charge in [-0.1, -0.05) is 34.1 Å². The average Bonchev–Trinajstić information content (AvgIpc) is 2.57. The van der Waals surface area contributed by atoms with Crippen LogP contribution in [0.2, 0.25) is 0 Å². The molecule has 2 aromatic carbocycles. The molecule has 1 N–H and O–H groups in total. The molecule has 2 aromatic rings. The van der Waals surface area contributed by atoms with Gasteiger partial charge in [-0.2, -0.15) is 0 Å². The minimum Gasteiger partial charge on any atom is -0.493 e. The fourth-order valence-electron chi connectivity index (χ4n) is 2.23. The van der Waals surface area contributed by atoms with Crippen molar-refractivity contribution < 1.29 is 14.3 Å². The molecule has 0 aromatic heterocycles. The number of rotatable bonds is 7. The lowest BCUT2D eigenvalue weighted by Crippen LogP contribution is -2.22. The highest BCUT2D eigenvalue weighted by Crippen LogP contribution is 2.27. The summed E-state index contributed by atoms with van der Waals surface area (Å²) in [4.78, 5) is 12.0. The minimum absolute atomic E-state index is 0.0276. The standard InChI is InChI=1S/C18H20BrNO3/c1-22-16-8-6-13(11-17(16)23-2)7-9-18(21)20-12-14-4-3-5-15(19)10-14/h3-6,8,10-11H,7,9,12H2,1-2H3,(H,20,21). The topological polar surface area (TPSA) is 47.6 Å². The number of halogens is 1. The molecule has 122 valence electrons. The first-order chi connectivity index (χ1) is 11.1. The van der Waals surface area contributed by atoms with Crippen molar-refractivity contribution in [3.63, 3.8) is 0 Å². The van der Waals surface area contributed by atoms with Gasteiger partial charge in [0.15, 0.2) is 11.5 Å². The van der Waals surface area contributed by atoms with Gasteiger partial charge in [0.05, 0.1) is 14.2 Å². The number of carbonyl (C=O) groups excluding carboxylic acids is 1. The van der Waals surface area contributed by atoms with Gasteiger partial charge in [0.25, 0.3) is 0 Å². The van der Waals surface area contributed by atoms with Crippen LogP contribution in [0.3, 0.4) is 0 Å². The molecule has 0 aliphatic rings. The molecule has 1 amide bonds. The molecule has 0 saturated carbocycles. The van der Waals surface area contributed by atoms with Gasteiger partial charge in [-0.3, -0.25) is 4.79 Å². The molecule has 0 saturated heterocycles. The zero-order valence-electron chi connectivity index (χ0n) is 13.3. The average molecular weight is 378 g/mol. The lowest BCUT2D eigenvalue weighted by Gasteiger charge is -2.10. The number of hydrogen-bond acceptors (Lipinski definition) is 3. The molecule has 0 aliphatic heterocycles. The Balaban J connectivity index is 1.84. The van der Waals surface area contributed by atoms with Gasteiger partial charge < -0.3 is 14.8 Å². The summed E-state index contributed by atoms with van der Waals surface area (Å²) in [6.07, 6.45) is 1.09. The van der Waals surface area contributed by atoms with Gasteiger partial charge in [0.2, 0.25) is 5.91 Å². The molecule has 0 heterocycles. The van der Waals surface area contributed by atoms with Crippen LogP contribution in [-0.2, 0) is 17.8 Å². The lowest BCUT2D eigenvalue weighted by molar-refractivity contribution is -0.121. The second-order valence-electron chi connectivity index (χ2n) is 5.10. The molecule has 2 rings (SSSR count). The zero-order chi connectivity index (χ0) is 16.7. The highest BCUT2D eigenvalue weighted by molar-refractivity contribution is 9.10. The predicted octanol–water partition coefficient (Wildman–Crippen LogP) is 3.72. The third-order valence-electron chi connectivity index (χ3n) is 3.47. The number of ether oxygens (including phenoxy) is 2. The monoisotopic (exact) mass is 377 g/mol. The summed E-state index contributed by atoms with van der Waals surface area (Å²) in [5.41, 5.74) is 2.11. The first-order valence-corrected chi connectivity index (χ1v) is 8.13. The molecular formula is C18H20BrNO3. The van der Waals surface area contributed by atoms with Crippen molar-refractivity contribution in [1.29, 1.82) is 0 Å². The fourth-order valence-corrected chi connectivity index (χ4v) is 2.68. The van der Waals surface area contributed by atoms with E-state index in [1.54, 1.807) is 14.2 Å². The quantitative estimate of drug-likeness (QED) is 0.799. The van der Waals surface area contributed by atoms with Crippen LogP contribution in [-0.4, -0.2) is 20.1 Å². The number of nitrogens with one attached hydrogen (secondary N) is 1. The molecule has 0 unspecified atom stereocenters. The third kappa shape index (κ3) is 5.28. The molecule has 0 atom stereocenters. The largest absolute Gasteiger partial charge is 0.493 e. The first-order valence-electron chi connectivity index (χ1n) is 7.34. The highest BCUT2D eigenvalue weighted by atomic mass is 79.9. The minimum atomic E-state index is 0.0276. The van der Waals surface area contributed by atoms with Crippen LogP contribution in [0.15, 0.2) is 46.9 Å². The zero-order valence-corrected chi connectivity index (χ0v) is 14.9. The summed E-state index contributed by atoms with van der Waals surface area (Å²) in [5, 5.41) is 2.93. The first kappa shape index (κ1) is 17.3. The maximum Gasteiger partial charge on any atom is 0.220 e. The van der Waals surface area contributed by atoms with Crippen molar-refractivity contribution in [2.24, 2.45) is 0 Å². The summed E-state index contributed by atoms with van der Waals surface area (Å²) in [7, 11) is 3.21. The lowest BCUT2D eigenvalue weighted by atomic mass is 10.1. The molecule has 4 nitrogen and oxygen atoms in total. The number of aryl methyl sites for hydroxylation is 1. The van der Waals surface area contributed by atoms with Gasteiger partial charge in [0, 0.05) is 17.4 Å². The van der Waals surface area contributed by atoms with Crippen LogP contribution in [0.25, 0.3) is 0 Å². The summed E-state index contributed by atoms with van der Waals surface area (Å²) in [5.74, 6) is 1.40. The van der Waals surface area contributed by atoms with Crippen LogP contribution in [0.5, 0.6) is 11.5 Å². The second-order valence-corrected chi connectivity index (χ2v) is 6.01. The Morgan fingerprint density at radius 1 is 1.04 bits per heavy atom. The van der Waals surface area contributed by atoms with E-state index in [-0.39, 0.29) is 5.91 Å². The summed E-state index contributed by atoms with van der Waals surface area (Å²) in [6, 6.07) is 13.6. The Kier molecular flexibility index (Phi) is 6.47. The van der Waals surface area contributed by atoms with E-state index in [9.17, 15) is 4.79 Å². The van der Waals surface area contributed by atoms with E-state index in [1.807, 2.05) is 42.5 Å². The Morgan fingerprint density at radius 3 is 2.52 bits per heavy atom. The summed E-state index contributed by atoms with van der Waals surface area (Å²) in [6.45, 7) is 0.532. The van der Waals surface area contributed by atoms with Crippen LogP contribution < -0.4 is 14.8 Å². The van der Waals surface area contributed by atoms with E-state index < -0.39 is 0 Å². The Hall–Kier alpha value is -2.01. The van der Waals surface area contributed by atoms with Crippen molar-refractivity contribution >= 4 is 21.8 Å². The SMILES string of the molecule is COc1ccc(CCC(=O)NCc2cccc(Br)c2)cc1OC. The molecular weight excluding hydrogens is 358 g/mol. The number of hydrogen-bond donors (Lipinski definition) is 1. The van der Waals surface area contributed by atoms with Gasteiger partial charge in [-0.15, -0.1) is 0 Å². The van der Waals surface area contributed by atoms with E-state index in [4.69, 9.17) is 9.47 Å². The van der Waals surface area contributed by atoms with Crippen molar-refractivity contribution in [1.82, 2.24) is 5.32 Å². The van der Waals surface area contributed by atoms with Crippen LogP contribution in [0.1, 0.15) is 17.5 Å². The summed E-state index contributed by atoms with van der Waals surface area (Å²) >= 11 is 3.42. The highest BCUT2D eigenvalue weighted by Gasteiger charge is 2.07. The summed E-state index contributed by atoms with van der Waals surface area (Å²) < 4.78 is 11.5. The van der Waals surface area contributed by atoms with E-state index in [1.165, 1.54) is 0 Å². The number of benzene rings is 2. The molecule has 0 spiro atoms. The van der Waals surface area contributed by atoms with Gasteiger partial charge >= 0.3 is 0 Å². The number of methoxy groups -OCH3 is 2. The van der Waals surface area contributed by atoms with E-state index in [0.29, 0.717) is 30.9 Å². The molecule has 0 aliphatic carbocycles. The van der Waals surface area contributed by atoms with Gasteiger partial charge in [0.1, 0.15) is 0 Å². The maximum atomic E-state index is 12.0. The van der Waals surface area contributed by atoms with Crippen LogP contribution in [0.4, 0.5) is 0 Å². The molecule has 0 bridgehead atoms. The normalized spacial score (nSPS) is 10.2. The maximum absolute atomic E-state index is 12.0. The van der Waals surface area contributed by atoms with Gasteiger partial charge in [-0.25, -0.2) is 0 Å². The second kappa shape index (κ2) is 8.58. The van der Waals surface area contributed by atoms with Crippen LogP contribution >= 0.6 is 15.9 Å². The Labute approximate surface area is 144 Å². The Bertz CT molecular complexity index is 673. The van der Waals surface area contributed by atoms with Crippen molar-refractivity contribution in [3.05, 3.63) is 58.1 Å². The van der Waals surface area contributed by atoms with E-state index in [0.717, 1.165) is 15.6 Å². The smallest absolute Gasteiger partial charge is 0.220 e. The third-order valence-corrected chi connectivity index (χ3v) is 3.96. The molecule has 0 fully saturated rings. The van der Waals surface area contributed by atoms with E-state index in [2.05, 4.69) is 21.2 Å². The molecule has 23 heavy (non-hydrogen) atoms. The predicted molar refractivity (Wildman–Crippen MR) is 93.9 cm³/mol. The van der Waals surface area contributed by atoms with Crippen molar-refractivity contribution in [2.75, 3.05) is 14.2 Å². The Morgan fingerprint density at radius 2 is 1.83 bits per heavy atom.